The Morgan fingerprint density at radius 1 is 1.09 bits per heavy atom. The van der Waals surface area contributed by atoms with Crippen LogP contribution in [0.2, 0.25) is 5.02 Å². The average molecular weight is 494 g/mol. The Hall–Kier alpha value is -2.20. The SMILES string of the molecule is O=C(CCn1c(=O)sc2cc(S(=O)(=O)NCc3ccccc3Cl)ccc21)N1CCCCC1. The van der Waals surface area contributed by atoms with Crippen LogP contribution in [0.5, 0.6) is 0 Å². The molecule has 10 heteroatoms. The summed E-state index contributed by atoms with van der Waals surface area (Å²) in [7, 11) is -3.78. The van der Waals surface area contributed by atoms with Gasteiger partial charge in [-0.15, -0.1) is 0 Å². The minimum Gasteiger partial charge on any atom is -0.343 e. The predicted molar refractivity (Wildman–Crippen MR) is 127 cm³/mol. The zero-order valence-corrected chi connectivity index (χ0v) is 19.8. The van der Waals surface area contributed by atoms with Crippen LogP contribution in [0.3, 0.4) is 0 Å². The Morgan fingerprint density at radius 2 is 1.84 bits per heavy atom. The van der Waals surface area contributed by atoms with E-state index in [1.807, 2.05) is 4.90 Å². The van der Waals surface area contributed by atoms with Crippen molar-refractivity contribution >= 4 is 49.1 Å². The smallest absolute Gasteiger partial charge is 0.308 e. The second kappa shape index (κ2) is 9.74. The molecule has 1 N–H and O–H groups in total. The molecule has 1 aromatic heterocycles. The molecule has 1 fully saturated rings. The highest BCUT2D eigenvalue weighted by Gasteiger charge is 2.19. The van der Waals surface area contributed by atoms with E-state index in [0.717, 1.165) is 43.7 Å². The molecule has 2 aromatic carbocycles. The van der Waals surface area contributed by atoms with Gasteiger partial charge >= 0.3 is 4.87 Å². The van der Waals surface area contributed by atoms with Gasteiger partial charge in [0.15, 0.2) is 0 Å². The predicted octanol–water partition coefficient (Wildman–Crippen LogP) is 3.60. The van der Waals surface area contributed by atoms with E-state index in [4.69, 9.17) is 11.6 Å². The normalized spacial score (nSPS) is 14.7. The number of fused-ring (bicyclic) bond motifs is 1. The molecule has 0 saturated carbocycles. The highest BCUT2D eigenvalue weighted by Crippen LogP contribution is 2.23. The highest BCUT2D eigenvalue weighted by atomic mass is 35.5. The van der Waals surface area contributed by atoms with Crippen LogP contribution in [0.1, 0.15) is 31.2 Å². The summed E-state index contributed by atoms with van der Waals surface area (Å²) in [6.45, 7) is 1.90. The first-order valence-electron chi connectivity index (χ1n) is 10.5. The molecule has 0 spiro atoms. The van der Waals surface area contributed by atoms with E-state index < -0.39 is 10.0 Å². The van der Waals surface area contributed by atoms with Gasteiger partial charge in [0.25, 0.3) is 0 Å². The van der Waals surface area contributed by atoms with Gasteiger partial charge in [0.2, 0.25) is 15.9 Å². The van der Waals surface area contributed by atoms with Gasteiger partial charge in [0, 0.05) is 37.6 Å². The summed E-state index contributed by atoms with van der Waals surface area (Å²) >= 11 is 7.08. The molecule has 170 valence electrons. The van der Waals surface area contributed by atoms with Crippen LogP contribution in [0.15, 0.2) is 52.2 Å². The van der Waals surface area contributed by atoms with Crippen LogP contribution in [0, 0.1) is 0 Å². The third-order valence-corrected chi connectivity index (χ3v) is 8.33. The van der Waals surface area contributed by atoms with Gasteiger partial charge in [0.1, 0.15) is 0 Å². The number of benzene rings is 2. The van der Waals surface area contributed by atoms with Crippen molar-refractivity contribution < 1.29 is 13.2 Å². The summed E-state index contributed by atoms with van der Waals surface area (Å²) in [5.41, 5.74) is 1.31. The Morgan fingerprint density at radius 3 is 2.59 bits per heavy atom. The Kier molecular flexibility index (Phi) is 6.99. The largest absolute Gasteiger partial charge is 0.343 e. The van der Waals surface area contributed by atoms with Crippen molar-refractivity contribution in [1.82, 2.24) is 14.2 Å². The highest BCUT2D eigenvalue weighted by molar-refractivity contribution is 7.89. The van der Waals surface area contributed by atoms with Crippen molar-refractivity contribution in [2.75, 3.05) is 13.1 Å². The number of nitrogens with zero attached hydrogens (tertiary/aromatic N) is 2. The molecule has 1 aliphatic heterocycles. The fourth-order valence-corrected chi connectivity index (χ4v) is 6.10. The molecule has 2 heterocycles. The summed E-state index contributed by atoms with van der Waals surface area (Å²) in [4.78, 5) is 26.7. The number of nitrogens with one attached hydrogen (secondary N) is 1. The molecule has 0 atom stereocenters. The number of likely N-dealkylation sites (tertiary alicyclic amines) is 1. The lowest BCUT2D eigenvalue weighted by Crippen LogP contribution is -2.36. The number of aromatic nitrogens is 1. The summed E-state index contributed by atoms with van der Waals surface area (Å²) in [6, 6.07) is 11.6. The summed E-state index contributed by atoms with van der Waals surface area (Å²) in [5, 5.41) is 0.486. The number of thiazole rings is 1. The molecule has 7 nitrogen and oxygen atoms in total. The average Bonchev–Trinajstić information content (AvgIpc) is 3.11. The first kappa shape index (κ1) is 23.0. The van der Waals surface area contributed by atoms with Crippen molar-refractivity contribution in [1.29, 1.82) is 0 Å². The second-order valence-corrected chi connectivity index (χ2v) is 10.9. The molecule has 0 radical (unpaired) electrons. The maximum absolute atomic E-state index is 12.8. The number of carbonyl (C=O) groups is 1. The lowest BCUT2D eigenvalue weighted by Gasteiger charge is -2.26. The van der Waals surface area contributed by atoms with Crippen molar-refractivity contribution in [3.05, 3.63) is 62.7 Å². The molecule has 0 unspecified atom stereocenters. The number of hydrogen-bond acceptors (Lipinski definition) is 5. The van der Waals surface area contributed by atoms with E-state index in [9.17, 15) is 18.0 Å². The number of hydrogen-bond donors (Lipinski definition) is 1. The van der Waals surface area contributed by atoms with Crippen LogP contribution in [-0.2, 0) is 27.9 Å². The summed E-state index contributed by atoms with van der Waals surface area (Å²) in [6.07, 6.45) is 3.45. The molecule has 1 aliphatic rings. The third kappa shape index (κ3) is 5.06. The van der Waals surface area contributed by atoms with Gasteiger partial charge < -0.3 is 4.90 Å². The lowest BCUT2D eigenvalue weighted by molar-refractivity contribution is -0.132. The van der Waals surface area contributed by atoms with E-state index in [1.54, 1.807) is 34.9 Å². The quantitative estimate of drug-likeness (QED) is 0.544. The minimum atomic E-state index is -3.78. The van der Waals surface area contributed by atoms with Crippen LogP contribution in [-0.4, -0.2) is 36.9 Å². The minimum absolute atomic E-state index is 0.0546. The molecule has 4 rings (SSSR count). The van der Waals surface area contributed by atoms with Crippen LogP contribution in [0.4, 0.5) is 0 Å². The Bertz CT molecular complexity index is 1290. The van der Waals surface area contributed by atoms with E-state index in [2.05, 4.69) is 4.72 Å². The molecular weight excluding hydrogens is 470 g/mol. The van der Waals surface area contributed by atoms with Gasteiger partial charge in [-0.05, 0) is 49.1 Å². The summed E-state index contributed by atoms with van der Waals surface area (Å²) < 4.78 is 30.2. The number of sulfonamides is 1. The molecule has 0 bridgehead atoms. The van der Waals surface area contributed by atoms with Crippen molar-refractivity contribution in [3.8, 4) is 0 Å². The van der Waals surface area contributed by atoms with Gasteiger partial charge in [-0.2, -0.15) is 0 Å². The van der Waals surface area contributed by atoms with Crippen molar-refractivity contribution in [2.45, 2.75) is 43.7 Å². The van der Waals surface area contributed by atoms with Crippen molar-refractivity contribution in [3.63, 3.8) is 0 Å². The molecule has 3 aromatic rings. The van der Waals surface area contributed by atoms with Crippen LogP contribution >= 0.6 is 22.9 Å². The fraction of sp³-hybridized carbons (Fsp3) is 0.364. The maximum Gasteiger partial charge on any atom is 0.308 e. The zero-order chi connectivity index (χ0) is 22.7. The molecule has 32 heavy (non-hydrogen) atoms. The van der Waals surface area contributed by atoms with Gasteiger partial charge in [-0.1, -0.05) is 41.1 Å². The van der Waals surface area contributed by atoms with E-state index in [1.165, 1.54) is 12.1 Å². The number of carbonyl (C=O) groups excluding carboxylic acids is 1. The Labute approximate surface area is 195 Å². The molecule has 1 amide bonds. The monoisotopic (exact) mass is 493 g/mol. The number of aryl methyl sites for hydroxylation is 1. The first-order valence-corrected chi connectivity index (χ1v) is 13.2. The van der Waals surface area contributed by atoms with Gasteiger partial charge in [0.05, 0.1) is 15.1 Å². The molecule has 1 saturated heterocycles. The standard InChI is InChI=1S/C22H24ClN3O4S2/c23-18-7-3-2-6-16(18)15-24-32(29,30)17-8-9-19-20(14-17)31-22(28)26(19)13-10-21(27)25-11-4-1-5-12-25/h2-3,6-9,14,24H,1,4-5,10-13,15H2. The molecular formula is C22H24ClN3O4S2. The van der Waals surface area contributed by atoms with E-state index in [-0.39, 0.29) is 35.2 Å². The maximum atomic E-state index is 12.8. The second-order valence-electron chi connectivity index (χ2n) is 7.76. The Balaban J connectivity index is 1.49. The van der Waals surface area contributed by atoms with Crippen LogP contribution in [0.25, 0.3) is 10.2 Å². The first-order chi connectivity index (χ1) is 15.3. The summed E-state index contributed by atoms with van der Waals surface area (Å²) in [5.74, 6) is 0.0546. The van der Waals surface area contributed by atoms with Crippen molar-refractivity contribution in [2.24, 2.45) is 0 Å². The zero-order valence-electron chi connectivity index (χ0n) is 17.4. The number of amides is 1. The topological polar surface area (TPSA) is 88.5 Å². The number of rotatable bonds is 7. The number of halogens is 1. The fourth-order valence-electron chi connectivity index (χ4n) is 3.83. The van der Waals surface area contributed by atoms with Crippen LogP contribution < -0.4 is 9.60 Å². The van der Waals surface area contributed by atoms with Gasteiger partial charge in [-0.25, -0.2) is 13.1 Å². The van der Waals surface area contributed by atoms with Gasteiger partial charge in [-0.3, -0.25) is 14.2 Å². The number of piperidine rings is 1. The molecule has 0 aliphatic carbocycles. The van der Waals surface area contributed by atoms with E-state index in [0.29, 0.717) is 20.8 Å². The lowest BCUT2D eigenvalue weighted by atomic mass is 10.1. The third-order valence-electron chi connectivity index (χ3n) is 5.62. The van der Waals surface area contributed by atoms with E-state index >= 15 is 0 Å².